The zero-order valence-corrected chi connectivity index (χ0v) is 7.47. The normalized spacial score (nSPS) is 14.4. The molecule has 0 saturated heterocycles. The Bertz CT molecular complexity index is 162. The lowest BCUT2D eigenvalue weighted by molar-refractivity contribution is -0.131. The van der Waals surface area contributed by atoms with Crippen LogP contribution in [0.3, 0.4) is 0 Å². The van der Waals surface area contributed by atoms with Crippen LogP contribution in [-0.2, 0) is 4.79 Å². The third kappa shape index (κ3) is 2.06. The van der Waals surface area contributed by atoms with E-state index in [9.17, 15) is 4.79 Å². The zero-order chi connectivity index (χ0) is 9.28. The topological polar surface area (TPSA) is 89.8 Å². The fraction of sp³-hybridized carbons (Fsp3) is 0.800. The van der Waals surface area contributed by atoms with E-state index in [2.05, 4.69) is 0 Å². The van der Waals surface area contributed by atoms with Crippen LogP contribution in [0.25, 0.3) is 0 Å². The maximum Gasteiger partial charge on any atom is 0.268 e. The number of nitrogens with one attached hydrogen (secondary N) is 1. The quantitative estimate of drug-likeness (QED) is 0.374. The van der Waals surface area contributed by atoms with Gasteiger partial charge in [-0.3, -0.25) is 19.1 Å². The molecule has 0 unspecified atom stereocenters. The van der Waals surface area contributed by atoms with Crippen molar-refractivity contribution in [3.8, 4) is 0 Å². The highest BCUT2D eigenvalue weighted by molar-refractivity contribution is 8.25. The van der Waals surface area contributed by atoms with Gasteiger partial charge in [0.25, 0.3) is 5.91 Å². The predicted octanol–water partition coefficient (Wildman–Crippen LogP) is 0.651. The molecule has 0 saturated carbocycles. The molecule has 0 radical (unpaired) electrons. The van der Waals surface area contributed by atoms with E-state index in [0.717, 1.165) is 6.26 Å². The summed E-state index contributed by atoms with van der Waals surface area (Å²) in [7, 11) is -2.99. The van der Waals surface area contributed by atoms with Gasteiger partial charge in [-0.05, 0) is 13.8 Å². The van der Waals surface area contributed by atoms with E-state index in [1.165, 1.54) is 19.3 Å². The Kier molecular flexibility index (Phi) is 2.90. The highest BCUT2D eigenvalue weighted by Gasteiger charge is 2.38. The van der Waals surface area contributed by atoms with Gasteiger partial charge in [-0.25, -0.2) is 5.48 Å². The lowest BCUT2D eigenvalue weighted by atomic mass is 10.2. The summed E-state index contributed by atoms with van der Waals surface area (Å²) in [5.41, 5.74) is 1.37. The highest BCUT2D eigenvalue weighted by atomic mass is 32.3. The van der Waals surface area contributed by atoms with Gasteiger partial charge in [-0.2, -0.15) is 10.6 Å². The van der Waals surface area contributed by atoms with Gasteiger partial charge in [0.2, 0.25) is 0 Å². The molecule has 68 valence electrons. The Hall–Kier alpha value is -0.300. The number of carbonyl (C=O) groups excluding carboxylic acids is 1. The van der Waals surface area contributed by atoms with Crippen molar-refractivity contribution in [2.45, 2.75) is 18.6 Å². The maximum absolute atomic E-state index is 10.8. The van der Waals surface area contributed by atoms with Crippen LogP contribution < -0.4 is 5.48 Å². The molecule has 0 aromatic carbocycles. The molecule has 0 fully saturated rings. The lowest BCUT2D eigenvalue weighted by Gasteiger charge is -2.41. The Morgan fingerprint density at radius 2 is 1.82 bits per heavy atom. The van der Waals surface area contributed by atoms with Gasteiger partial charge in [-0.1, -0.05) is 0 Å². The van der Waals surface area contributed by atoms with Crippen molar-refractivity contribution >= 4 is 16.5 Å². The summed E-state index contributed by atoms with van der Waals surface area (Å²) in [6.07, 6.45) is 1.16. The van der Waals surface area contributed by atoms with E-state index in [0.29, 0.717) is 0 Å². The van der Waals surface area contributed by atoms with Crippen molar-refractivity contribution < 1.29 is 19.1 Å². The molecule has 0 aromatic rings. The van der Waals surface area contributed by atoms with E-state index in [1.54, 1.807) is 0 Å². The number of amides is 1. The van der Waals surface area contributed by atoms with Gasteiger partial charge in [0.1, 0.15) is 4.75 Å². The molecule has 0 atom stereocenters. The average molecular weight is 183 g/mol. The van der Waals surface area contributed by atoms with E-state index >= 15 is 0 Å². The molecule has 11 heavy (non-hydrogen) atoms. The second kappa shape index (κ2) is 2.98. The maximum atomic E-state index is 10.8. The van der Waals surface area contributed by atoms with Crippen molar-refractivity contribution in [3.63, 3.8) is 0 Å². The molecule has 0 rings (SSSR count). The molecule has 0 heterocycles. The van der Waals surface area contributed by atoms with Crippen LogP contribution in [0.4, 0.5) is 0 Å². The Balaban J connectivity index is 4.59. The second-order valence-corrected chi connectivity index (χ2v) is 5.47. The van der Waals surface area contributed by atoms with Gasteiger partial charge in [0.05, 0.1) is 0 Å². The first-order valence-electron chi connectivity index (χ1n) is 2.91. The van der Waals surface area contributed by atoms with Crippen molar-refractivity contribution in [3.05, 3.63) is 0 Å². The molecule has 0 spiro atoms. The first kappa shape index (κ1) is 10.7. The second-order valence-electron chi connectivity index (χ2n) is 2.78. The molecule has 0 aliphatic heterocycles. The molecule has 0 aliphatic carbocycles. The summed E-state index contributed by atoms with van der Waals surface area (Å²) in [5, 5.41) is 8.23. The third-order valence-corrected chi connectivity index (χ3v) is 3.73. The molecule has 0 aromatic heterocycles. The predicted molar refractivity (Wildman–Crippen MR) is 42.8 cm³/mol. The van der Waals surface area contributed by atoms with Gasteiger partial charge in [0.15, 0.2) is 0 Å². The summed E-state index contributed by atoms with van der Waals surface area (Å²) in [4.78, 5) is 10.8. The molecular weight excluding hydrogens is 170 g/mol. The zero-order valence-electron chi connectivity index (χ0n) is 6.66. The third-order valence-electron chi connectivity index (χ3n) is 1.62. The summed E-state index contributed by atoms with van der Waals surface area (Å²) in [5.74, 6) is -0.806. The van der Waals surface area contributed by atoms with Crippen LogP contribution in [0.5, 0.6) is 0 Å². The van der Waals surface area contributed by atoms with Gasteiger partial charge in [0, 0.05) is 6.26 Å². The van der Waals surface area contributed by atoms with E-state index in [4.69, 9.17) is 14.3 Å². The summed E-state index contributed by atoms with van der Waals surface area (Å²) in [6.45, 7) is 2.68. The average Bonchev–Trinajstić information content (AvgIpc) is 1.83. The monoisotopic (exact) mass is 183 g/mol. The van der Waals surface area contributed by atoms with Crippen LogP contribution in [-0.4, -0.2) is 31.2 Å². The van der Waals surface area contributed by atoms with Gasteiger partial charge in [-0.15, -0.1) is 0 Å². The number of hydrogen-bond acceptors (Lipinski definition) is 4. The molecule has 0 bridgehead atoms. The summed E-state index contributed by atoms with van der Waals surface area (Å²) in [6, 6.07) is 0. The minimum atomic E-state index is -2.99. The smallest absolute Gasteiger partial charge is 0.268 e. The molecule has 6 heteroatoms. The number of hydroxylamine groups is 1. The first-order chi connectivity index (χ1) is 4.73. The molecule has 1 amide bonds. The van der Waals surface area contributed by atoms with Crippen molar-refractivity contribution in [2.75, 3.05) is 6.26 Å². The van der Waals surface area contributed by atoms with E-state index < -0.39 is 21.2 Å². The van der Waals surface area contributed by atoms with Gasteiger partial charge < -0.3 is 0 Å². The minimum absolute atomic E-state index is 0.806. The molecule has 0 aliphatic rings. The first-order valence-corrected chi connectivity index (χ1v) is 4.86. The standard InChI is InChI=1S/C5H13NO4S/c1-5(2,4(7)6-8)11(3,9)10/h8-10H,1-3H3,(H,6,7). The SMILES string of the molecule is CC(C)(C(=O)NO)S(C)(O)O. The Labute approximate surface area is 66.7 Å². The lowest BCUT2D eigenvalue weighted by Crippen LogP contribution is -2.44. The van der Waals surface area contributed by atoms with Crippen LogP contribution in [0.1, 0.15) is 13.8 Å². The van der Waals surface area contributed by atoms with Crippen molar-refractivity contribution in [1.82, 2.24) is 5.48 Å². The van der Waals surface area contributed by atoms with Gasteiger partial charge >= 0.3 is 0 Å². The molecule has 5 nitrogen and oxygen atoms in total. The molecular formula is C5H13NO4S. The Morgan fingerprint density at radius 1 is 1.45 bits per heavy atom. The fourth-order valence-corrected chi connectivity index (χ4v) is 0.707. The van der Waals surface area contributed by atoms with Crippen LogP contribution >= 0.6 is 10.6 Å². The fourth-order valence-electron chi connectivity index (χ4n) is 0.310. The number of hydrogen-bond donors (Lipinski definition) is 4. The number of carbonyl (C=O) groups is 1. The Morgan fingerprint density at radius 3 is 1.91 bits per heavy atom. The summed E-state index contributed by atoms with van der Waals surface area (Å²) >= 11 is 0. The van der Waals surface area contributed by atoms with E-state index in [-0.39, 0.29) is 0 Å². The van der Waals surface area contributed by atoms with Crippen molar-refractivity contribution in [1.29, 1.82) is 0 Å². The highest BCUT2D eigenvalue weighted by Crippen LogP contribution is 2.48. The number of rotatable bonds is 2. The molecule has 4 N–H and O–H groups in total. The van der Waals surface area contributed by atoms with Crippen LogP contribution in [0.2, 0.25) is 0 Å². The van der Waals surface area contributed by atoms with Crippen LogP contribution in [0.15, 0.2) is 0 Å². The summed E-state index contributed by atoms with van der Waals surface area (Å²) < 4.78 is 16.9. The largest absolute Gasteiger partial charge is 0.299 e. The minimum Gasteiger partial charge on any atom is -0.299 e. The van der Waals surface area contributed by atoms with Crippen molar-refractivity contribution in [2.24, 2.45) is 0 Å². The van der Waals surface area contributed by atoms with Crippen LogP contribution in [0, 0.1) is 0 Å². The van der Waals surface area contributed by atoms with E-state index in [1.807, 2.05) is 0 Å².